The Morgan fingerprint density at radius 1 is 1.19 bits per heavy atom. The van der Waals surface area contributed by atoms with Crippen molar-refractivity contribution >= 4 is 33.4 Å². The third-order valence-electron chi connectivity index (χ3n) is 3.54. The van der Waals surface area contributed by atoms with Crippen LogP contribution in [-0.4, -0.2) is 32.4 Å². The minimum Gasteiger partial charge on any atom is -0.325 e. The fraction of sp³-hybridized carbons (Fsp3) is 0.222. The Morgan fingerprint density at radius 3 is 2.58 bits per heavy atom. The molecule has 0 aliphatic carbocycles. The van der Waals surface area contributed by atoms with Crippen molar-refractivity contribution < 1.29 is 13.2 Å². The van der Waals surface area contributed by atoms with E-state index in [2.05, 4.69) is 10.0 Å². The van der Waals surface area contributed by atoms with Gasteiger partial charge in [0.2, 0.25) is 15.9 Å². The summed E-state index contributed by atoms with van der Waals surface area (Å²) in [4.78, 5) is 12.7. The number of hydrogen-bond acceptors (Lipinski definition) is 5. The summed E-state index contributed by atoms with van der Waals surface area (Å²) >= 11 is 1.52. The SMILES string of the molecule is CSCC[C@@H](NS(=O)(=O)c1ccccc1)C(=O)Nc1cccc(C#N)c1. The van der Waals surface area contributed by atoms with Crippen molar-refractivity contribution in [3.05, 3.63) is 60.2 Å². The predicted octanol–water partition coefficient (Wildman–Crippen LogP) is 2.60. The Kier molecular flexibility index (Phi) is 7.21. The number of thioether (sulfide) groups is 1. The molecule has 0 aliphatic rings. The molecule has 0 unspecified atom stereocenters. The molecule has 0 heterocycles. The van der Waals surface area contributed by atoms with Crippen LogP contribution in [0, 0.1) is 11.3 Å². The zero-order valence-corrected chi connectivity index (χ0v) is 15.8. The molecule has 1 amide bonds. The molecule has 0 saturated heterocycles. The summed E-state index contributed by atoms with van der Waals surface area (Å²) in [5.74, 6) is 0.154. The second-order valence-corrected chi connectivity index (χ2v) is 8.15. The van der Waals surface area contributed by atoms with E-state index in [0.717, 1.165) is 0 Å². The third kappa shape index (κ3) is 5.59. The van der Waals surface area contributed by atoms with E-state index in [1.807, 2.05) is 12.3 Å². The Bertz CT molecular complexity index is 893. The number of amides is 1. The van der Waals surface area contributed by atoms with Crippen LogP contribution in [0.1, 0.15) is 12.0 Å². The first-order valence-corrected chi connectivity index (χ1v) is 10.7. The van der Waals surface area contributed by atoms with Gasteiger partial charge < -0.3 is 5.32 Å². The van der Waals surface area contributed by atoms with Crippen molar-refractivity contribution in [2.75, 3.05) is 17.3 Å². The molecule has 0 saturated carbocycles. The van der Waals surface area contributed by atoms with E-state index in [1.165, 1.54) is 30.0 Å². The standard InChI is InChI=1S/C18H19N3O3S2/c1-25-11-10-17(21-26(23,24)16-8-3-2-4-9-16)18(22)20-15-7-5-6-14(12-15)13-19/h2-9,12,17,21H,10-11H2,1H3,(H,20,22)/t17-/m1/s1. The summed E-state index contributed by atoms with van der Waals surface area (Å²) < 4.78 is 27.5. The molecule has 2 N–H and O–H groups in total. The number of carbonyl (C=O) groups is 1. The number of hydrogen-bond donors (Lipinski definition) is 2. The highest BCUT2D eigenvalue weighted by atomic mass is 32.2. The molecule has 136 valence electrons. The first-order chi connectivity index (χ1) is 12.5. The second kappa shape index (κ2) is 9.38. The van der Waals surface area contributed by atoms with Crippen LogP contribution < -0.4 is 10.0 Å². The summed E-state index contributed by atoms with van der Waals surface area (Å²) in [7, 11) is -3.81. The van der Waals surface area contributed by atoms with Gasteiger partial charge >= 0.3 is 0 Å². The van der Waals surface area contributed by atoms with E-state index in [1.54, 1.807) is 36.4 Å². The van der Waals surface area contributed by atoms with E-state index in [9.17, 15) is 13.2 Å². The Balaban J connectivity index is 2.18. The molecule has 8 heteroatoms. The van der Waals surface area contributed by atoms with Gasteiger partial charge in [0.1, 0.15) is 6.04 Å². The topological polar surface area (TPSA) is 99.1 Å². The van der Waals surface area contributed by atoms with Crippen LogP contribution in [0.3, 0.4) is 0 Å². The fourth-order valence-corrected chi connectivity index (χ4v) is 3.95. The molecule has 2 aromatic carbocycles. The van der Waals surface area contributed by atoms with Gasteiger partial charge in [0.05, 0.1) is 16.5 Å². The number of carbonyl (C=O) groups excluding carboxylic acids is 1. The van der Waals surface area contributed by atoms with Crippen LogP contribution >= 0.6 is 11.8 Å². The lowest BCUT2D eigenvalue weighted by Crippen LogP contribution is -2.44. The Hall–Kier alpha value is -2.34. The molecule has 6 nitrogen and oxygen atoms in total. The highest BCUT2D eigenvalue weighted by Crippen LogP contribution is 2.14. The van der Waals surface area contributed by atoms with Gasteiger partial charge in [-0.2, -0.15) is 21.7 Å². The van der Waals surface area contributed by atoms with E-state index < -0.39 is 22.0 Å². The van der Waals surface area contributed by atoms with Gasteiger partial charge in [0.25, 0.3) is 0 Å². The highest BCUT2D eigenvalue weighted by molar-refractivity contribution is 7.98. The lowest BCUT2D eigenvalue weighted by molar-refractivity contribution is -0.117. The zero-order valence-electron chi connectivity index (χ0n) is 14.2. The number of sulfonamides is 1. The first kappa shape index (κ1) is 20.0. The monoisotopic (exact) mass is 389 g/mol. The molecule has 0 aromatic heterocycles. The molecule has 0 radical (unpaired) electrons. The predicted molar refractivity (Wildman–Crippen MR) is 103 cm³/mol. The van der Waals surface area contributed by atoms with Gasteiger partial charge in [0, 0.05) is 5.69 Å². The quantitative estimate of drug-likeness (QED) is 0.723. The van der Waals surface area contributed by atoms with Crippen molar-refractivity contribution in [3.8, 4) is 6.07 Å². The summed E-state index contributed by atoms with van der Waals surface area (Å²) in [5, 5.41) is 11.6. The van der Waals surface area contributed by atoms with Gasteiger partial charge in [-0.15, -0.1) is 0 Å². The van der Waals surface area contributed by atoms with Gasteiger partial charge in [-0.3, -0.25) is 4.79 Å². The van der Waals surface area contributed by atoms with E-state index >= 15 is 0 Å². The summed E-state index contributed by atoms with van der Waals surface area (Å²) in [6.45, 7) is 0. The van der Waals surface area contributed by atoms with Crippen molar-refractivity contribution in [3.63, 3.8) is 0 Å². The Morgan fingerprint density at radius 2 is 1.92 bits per heavy atom. The lowest BCUT2D eigenvalue weighted by Gasteiger charge is -2.18. The molecule has 0 bridgehead atoms. The molecule has 2 rings (SSSR count). The average molecular weight is 390 g/mol. The molecular formula is C18H19N3O3S2. The van der Waals surface area contributed by atoms with Crippen LogP contribution in [0.25, 0.3) is 0 Å². The molecule has 2 aromatic rings. The molecule has 26 heavy (non-hydrogen) atoms. The number of rotatable bonds is 8. The highest BCUT2D eigenvalue weighted by Gasteiger charge is 2.25. The largest absolute Gasteiger partial charge is 0.325 e. The molecule has 0 spiro atoms. The maximum absolute atomic E-state index is 12.6. The van der Waals surface area contributed by atoms with Crippen molar-refractivity contribution in [1.82, 2.24) is 4.72 Å². The van der Waals surface area contributed by atoms with Crippen LogP contribution in [0.4, 0.5) is 5.69 Å². The maximum atomic E-state index is 12.6. The van der Waals surface area contributed by atoms with E-state index in [0.29, 0.717) is 23.4 Å². The average Bonchev–Trinajstić information content (AvgIpc) is 2.65. The van der Waals surface area contributed by atoms with Crippen molar-refractivity contribution in [1.29, 1.82) is 5.26 Å². The summed E-state index contributed by atoms with van der Waals surface area (Å²) in [6, 6.07) is 15.5. The number of nitrogens with one attached hydrogen (secondary N) is 2. The van der Waals surface area contributed by atoms with Gasteiger partial charge in [-0.25, -0.2) is 8.42 Å². The maximum Gasteiger partial charge on any atom is 0.242 e. The first-order valence-electron chi connectivity index (χ1n) is 7.83. The fourth-order valence-electron chi connectivity index (χ4n) is 2.23. The van der Waals surface area contributed by atoms with E-state index in [-0.39, 0.29) is 4.90 Å². The molecule has 0 aliphatic heterocycles. The van der Waals surface area contributed by atoms with Crippen molar-refractivity contribution in [2.45, 2.75) is 17.4 Å². The number of benzene rings is 2. The molecule has 0 fully saturated rings. The minimum absolute atomic E-state index is 0.105. The van der Waals surface area contributed by atoms with Gasteiger partial charge in [-0.05, 0) is 48.8 Å². The van der Waals surface area contributed by atoms with Crippen LogP contribution in [0.15, 0.2) is 59.5 Å². The normalized spacial score (nSPS) is 12.2. The lowest BCUT2D eigenvalue weighted by atomic mass is 10.2. The number of anilines is 1. The summed E-state index contributed by atoms with van der Waals surface area (Å²) in [5.41, 5.74) is 0.857. The summed E-state index contributed by atoms with van der Waals surface area (Å²) in [6.07, 6.45) is 2.23. The van der Waals surface area contributed by atoms with Crippen molar-refractivity contribution in [2.24, 2.45) is 0 Å². The molecule has 1 atom stereocenters. The number of nitriles is 1. The Labute approximate surface area is 157 Å². The van der Waals surface area contributed by atoms with E-state index in [4.69, 9.17) is 5.26 Å². The minimum atomic E-state index is -3.81. The number of nitrogens with zero attached hydrogens (tertiary/aromatic N) is 1. The third-order valence-corrected chi connectivity index (χ3v) is 5.67. The second-order valence-electron chi connectivity index (χ2n) is 5.45. The van der Waals surface area contributed by atoms with Gasteiger partial charge in [0.15, 0.2) is 0 Å². The smallest absolute Gasteiger partial charge is 0.242 e. The van der Waals surface area contributed by atoms with Crippen LogP contribution in [0.5, 0.6) is 0 Å². The zero-order chi connectivity index (χ0) is 19.0. The molecular weight excluding hydrogens is 370 g/mol. The van der Waals surface area contributed by atoms with Gasteiger partial charge in [-0.1, -0.05) is 24.3 Å². The van der Waals surface area contributed by atoms with Crippen LogP contribution in [0.2, 0.25) is 0 Å². The van der Waals surface area contributed by atoms with Crippen LogP contribution in [-0.2, 0) is 14.8 Å².